The van der Waals surface area contributed by atoms with Crippen LogP contribution in [0.4, 0.5) is 5.69 Å². The molecule has 7 heteroatoms. The second-order valence-corrected chi connectivity index (χ2v) is 7.63. The van der Waals surface area contributed by atoms with Crippen LogP contribution < -0.4 is 15.0 Å². The van der Waals surface area contributed by atoms with Gasteiger partial charge in [-0.3, -0.25) is 19.8 Å². The molecule has 1 aliphatic heterocycles. The van der Waals surface area contributed by atoms with E-state index in [1.54, 1.807) is 30.3 Å². The molecule has 1 saturated heterocycles. The fraction of sp³-hybridized carbons (Fsp3) is 0.0417. The number of nitrogens with zero attached hydrogens (tertiary/aromatic N) is 1. The molecule has 2 amide bonds. The van der Waals surface area contributed by atoms with E-state index in [0.29, 0.717) is 27.8 Å². The molecule has 0 atom stereocenters. The van der Waals surface area contributed by atoms with Crippen molar-refractivity contribution in [2.24, 2.45) is 0 Å². The number of hydrogen-bond donors (Lipinski definition) is 1. The van der Waals surface area contributed by atoms with Crippen molar-refractivity contribution in [1.82, 2.24) is 5.32 Å². The summed E-state index contributed by atoms with van der Waals surface area (Å²) >= 11 is 11.5. The minimum Gasteiger partial charge on any atom is -0.457 e. The zero-order chi connectivity index (χ0) is 22.0. The highest BCUT2D eigenvalue weighted by atomic mass is 35.5. The molecule has 31 heavy (non-hydrogen) atoms. The summed E-state index contributed by atoms with van der Waals surface area (Å²) in [7, 11) is 0. The van der Waals surface area contributed by atoms with Crippen molar-refractivity contribution in [2.75, 3.05) is 4.90 Å². The molecule has 0 bridgehead atoms. The number of para-hydroxylation sites is 1. The maximum atomic E-state index is 13.2. The monoisotopic (exact) mass is 448 g/mol. The lowest BCUT2D eigenvalue weighted by molar-refractivity contribution is -0.122. The average molecular weight is 449 g/mol. The number of rotatable bonds is 4. The topological polar surface area (TPSA) is 58.6 Å². The molecule has 0 saturated carbocycles. The summed E-state index contributed by atoms with van der Waals surface area (Å²) in [5.74, 6) is 0.226. The fourth-order valence-corrected chi connectivity index (χ4v) is 3.71. The highest BCUT2D eigenvalue weighted by Gasteiger charge is 2.34. The number of nitrogens with one attached hydrogen (secondary N) is 1. The van der Waals surface area contributed by atoms with Crippen LogP contribution in [0.2, 0.25) is 5.02 Å². The highest BCUT2D eigenvalue weighted by Crippen LogP contribution is 2.28. The van der Waals surface area contributed by atoms with Gasteiger partial charge in [-0.05, 0) is 78.8 Å². The Bertz CT molecular complexity index is 1190. The summed E-state index contributed by atoms with van der Waals surface area (Å²) in [5.41, 5.74) is 1.93. The van der Waals surface area contributed by atoms with Crippen molar-refractivity contribution in [2.45, 2.75) is 6.92 Å². The van der Waals surface area contributed by atoms with E-state index in [4.69, 9.17) is 28.6 Å². The number of hydrogen-bond acceptors (Lipinski definition) is 4. The number of benzene rings is 3. The van der Waals surface area contributed by atoms with Gasteiger partial charge in [-0.1, -0.05) is 41.9 Å². The smallest absolute Gasteiger partial charge is 0.270 e. The van der Waals surface area contributed by atoms with Crippen LogP contribution in [0, 0.1) is 6.92 Å². The molecule has 154 valence electrons. The van der Waals surface area contributed by atoms with E-state index in [1.165, 1.54) is 11.0 Å². The molecule has 0 aromatic heterocycles. The molecular formula is C24H17ClN2O3S. The first kappa shape index (κ1) is 20.8. The maximum Gasteiger partial charge on any atom is 0.270 e. The Kier molecular flexibility index (Phi) is 5.84. The Hall–Kier alpha value is -3.48. The van der Waals surface area contributed by atoms with Crippen LogP contribution in [0.25, 0.3) is 6.08 Å². The van der Waals surface area contributed by atoms with Crippen LogP contribution in [0.5, 0.6) is 11.5 Å². The summed E-state index contributed by atoms with van der Waals surface area (Å²) in [5, 5.41) is 3.04. The molecule has 3 aromatic rings. The first-order valence-corrected chi connectivity index (χ1v) is 10.2. The van der Waals surface area contributed by atoms with E-state index in [2.05, 4.69) is 5.32 Å². The summed E-state index contributed by atoms with van der Waals surface area (Å²) in [6.45, 7) is 1.86. The predicted molar refractivity (Wildman–Crippen MR) is 125 cm³/mol. The first-order chi connectivity index (χ1) is 14.9. The first-order valence-electron chi connectivity index (χ1n) is 9.43. The van der Waals surface area contributed by atoms with Crippen molar-refractivity contribution in [3.05, 3.63) is 94.5 Å². The predicted octanol–water partition coefficient (Wildman–Crippen LogP) is 5.27. The van der Waals surface area contributed by atoms with Gasteiger partial charge in [0.1, 0.15) is 17.1 Å². The van der Waals surface area contributed by atoms with Crippen LogP contribution >= 0.6 is 23.8 Å². The van der Waals surface area contributed by atoms with Crippen LogP contribution in [0.3, 0.4) is 0 Å². The number of thiocarbonyl (C=S) groups is 1. The van der Waals surface area contributed by atoms with Gasteiger partial charge in [0.2, 0.25) is 0 Å². The van der Waals surface area contributed by atoms with Gasteiger partial charge in [0.15, 0.2) is 5.11 Å². The Balaban J connectivity index is 1.63. The lowest BCUT2D eigenvalue weighted by Crippen LogP contribution is -2.54. The lowest BCUT2D eigenvalue weighted by Gasteiger charge is -2.29. The lowest BCUT2D eigenvalue weighted by atomic mass is 10.0. The minimum absolute atomic E-state index is 0.0137. The van der Waals surface area contributed by atoms with Crippen LogP contribution in [0.1, 0.15) is 11.1 Å². The van der Waals surface area contributed by atoms with Crippen molar-refractivity contribution in [1.29, 1.82) is 0 Å². The van der Waals surface area contributed by atoms with Gasteiger partial charge in [0.25, 0.3) is 11.8 Å². The third-order valence-electron chi connectivity index (χ3n) is 4.74. The molecule has 1 aliphatic rings. The molecule has 4 rings (SSSR count). The number of halogens is 1. The number of carbonyl (C=O) groups is 2. The van der Waals surface area contributed by atoms with Crippen molar-refractivity contribution < 1.29 is 14.3 Å². The third kappa shape index (κ3) is 4.35. The number of amides is 2. The van der Waals surface area contributed by atoms with Crippen LogP contribution in [0.15, 0.2) is 78.4 Å². The summed E-state index contributed by atoms with van der Waals surface area (Å²) in [6.07, 6.45) is 1.50. The Labute approximate surface area is 189 Å². The van der Waals surface area contributed by atoms with Gasteiger partial charge in [-0.25, -0.2) is 0 Å². The number of aryl methyl sites for hydroxylation is 1. The van der Waals surface area contributed by atoms with Gasteiger partial charge in [-0.15, -0.1) is 0 Å². The van der Waals surface area contributed by atoms with E-state index in [9.17, 15) is 9.59 Å². The number of carbonyl (C=O) groups excluding carboxylic acids is 2. The average Bonchev–Trinajstić information content (AvgIpc) is 2.75. The van der Waals surface area contributed by atoms with Gasteiger partial charge in [0, 0.05) is 5.02 Å². The zero-order valence-electron chi connectivity index (χ0n) is 16.5. The minimum atomic E-state index is -0.561. The van der Waals surface area contributed by atoms with E-state index >= 15 is 0 Å². The van der Waals surface area contributed by atoms with Crippen molar-refractivity contribution in [3.8, 4) is 11.5 Å². The van der Waals surface area contributed by atoms with E-state index < -0.39 is 11.8 Å². The third-order valence-corrected chi connectivity index (χ3v) is 5.35. The molecule has 0 radical (unpaired) electrons. The fourth-order valence-electron chi connectivity index (χ4n) is 3.15. The Morgan fingerprint density at radius 1 is 0.935 bits per heavy atom. The van der Waals surface area contributed by atoms with Crippen LogP contribution in [-0.2, 0) is 9.59 Å². The Morgan fingerprint density at radius 2 is 1.61 bits per heavy atom. The maximum absolute atomic E-state index is 13.2. The molecule has 0 spiro atoms. The highest BCUT2D eigenvalue weighted by molar-refractivity contribution is 7.80. The van der Waals surface area contributed by atoms with Gasteiger partial charge < -0.3 is 4.74 Å². The van der Waals surface area contributed by atoms with Gasteiger partial charge in [0.05, 0.1) is 5.69 Å². The van der Waals surface area contributed by atoms with E-state index in [-0.39, 0.29) is 10.7 Å². The normalized spacial score (nSPS) is 15.2. The van der Waals surface area contributed by atoms with Gasteiger partial charge >= 0.3 is 0 Å². The molecule has 5 nitrogen and oxygen atoms in total. The SMILES string of the molecule is Cc1cccc(Cl)c1C=C1C(=O)NC(=S)N(c2ccc(Oc3ccccc3)cc2)C1=O. The zero-order valence-corrected chi connectivity index (χ0v) is 18.0. The largest absolute Gasteiger partial charge is 0.457 e. The van der Waals surface area contributed by atoms with Crippen molar-refractivity contribution in [3.63, 3.8) is 0 Å². The number of ether oxygens (including phenoxy) is 1. The van der Waals surface area contributed by atoms with Crippen LogP contribution in [-0.4, -0.2) is 16.9 Å². The second kappa shape index (κ2) is 8.71. The summed E-state index contributed by atoms with van der Waals surface area (Å²) in [6, 6.07) is 21.6. The molecule has 1 fully saturated rings. The molecule has 1 N–H and O–H groups in total. The van der Waals surface area contributed by atoms with E-state index in [1.807, 2.05) is 49.4 Å². The number of anilines is 1. The summed E-state index contributed by atoms with van der Waals surface area (Å²) < 4.78 is 5.79. The Morgan fingerprint density at radius 3 is 2.29 bits per heavy atom. The second-order valence-electron chi connectivity index (χ2n) is 6.84. The molecule has 1 heterocycles. The van der Waals surface area contributed by atoms with Crippen molar-refractivity contribution >= 4 is 52.5 Å². The molecule has 3 aromatic carbocycles. The standard InChI is InChI=1S/C24H17ClN2O3S/c1-15-6-5-9-21(25)19(15)14-20-22(28)26-24(31)27(23(20)29)16-10-12-18(13-11-16)30-17-7-3-2-4-8-17/h2-14H,1H3,(H,26,28,31). The quantitative estimate of drug-likeness (QED) is 0.335. The van der Waals surface area contributed by atoms with E-state index in [0.717, 1.165) is 5.56 Å². The molecular weight excluding hydrogens is 432 g/mol. The molecule has 0 unspecified atom stereocenters. The summed E-state index contributed by atoms with van der Waals surface area (Å²) in [4.78, 5) is 27.0. The van der Waals surface area contributed by atoms with Gasteiger partial charge in [-0.2, -0.15) is 0 Å². The molecule has 0 aliphatic carbocycles.